The van der Waals surface area contributed by atoms with Crippen molar-refractivity contribution in [1.82, 2.24) is 18.9 Å². The monoisotopic (exact) mass is 434 g/mol. The van der Waals surface area contributed by atoms with Crippen LogP contribution in [0, 0.1) is 6.92 Å². The molecule has 1 aromatic carbocycles. The van der Waals surface area contributed by atoms with E-state index in [4.69, 9.17) is 4.42 Å². The number of sulfone groups is 1. The maximum absolute atomic E-state index is 12.4. The predicted octanol–water partition coefficient (Wildman–Crippen LogP) is 3.06. The molecule has 8 nitrogen and oxygen atoms in total. The second-order valence-electron chi connectivity index (χ2n) is 7.37. The molecule has 156 valence electrons. The van der Waals surface area contributed by atoms with E-state index in [0.29, 0.717) is 11.2 Å². The van der Waals surface area contributed by atoms with E-state index >= 15 is 0 Å². The Bertz CT molecular complexity index is 1610. The predicted molar refractivity (Wildman–Crippen MR) is 116 cm³/mol. The summed E-state index contributed by atoms with van der Waals surface area (Å²) in [4.78, 5) is 21.5. The first-order valence-corrected chi connectivity index (χ1v) is 11.4. The van der Waals surface area contributed by atoms with E-state index in [1.54, 1.807) is 42.6 Å². The van der Waals surface area contributed by atoms with Crippen molar-refractivity contribution in [1.29, 1.82) is 0 Å². The van der Waals surface area contributed by atoms with E-state index in [1.165, 1.54) is 10.8 Å². The van der Waals surface area contributed by atoms with Crippen LogP contribution in [-0.2, 0) is 16.4 Å². The highest BCUT2D eigenvalue weighted by atomic mass is 32.2. The lowest BCUT2D eigenvalue weighted by molar-refractivity contribution is 0.515. The number of hydrogen-bond donors (Lipinski definition) is 0. The summed E-state index contributed by atoms with van der Waals surface area (Å²) >= 11 is 0. The van der Waals surface area contributed by atoms with Gasteiger partial charge in [-0.15, -0.1) is 0 Å². The van der Waals surface area contributed by atoms with Gasteiger partial charge in [0.15, 0.2) is 21.1 Å². The topological polar surface area (TPSA) is 99.5 Å². The van der Waals surface area contributed by atoms with Crippen molar-refractivity contribution in [2.75, 3.05) is 6.26 Å². The second-order valence-corrected chi connectivity index (χ2v) is 9.38. The molecule has 0 unspecified atom stereocenters. The smallest absolute Gasteiger partial charge is 0.406 e. The zero-order valence-electron chi connectivity index (χ0n) is 16.8. The van der Waals surface area contributed by atoms with Crippen molar-refractivity contribution < 1.29 is 12.8 Å². The van der Waals surface area contributed by atoms with Crippen molar-refractivity contribution in [3.63, 3.8) is 0 Å². The van der Waals surface area contributed by atoms with Gasteiger partial charge in [0, 0.05) is 18.6 Å². The summed E-state index contributed by atoms with van der Waals surface area (Å²) in [5.74, 6) is -0.476. The molecule has 5 rings (SSSR count). The Morgan fingerprint density at radius 1 is 1.03 bits per heavy atom. The third-order valence-corrected chi connectivity index (χ3v) is 6.39. The third kappa shape index (κ3) is 3.32. The van der Waals surface area contributed by atoms with Crippen LogP contribution in [0.25, 0.3) is 28.0 Å². The van der Waals surface area contributed by atoms with Crippen molar-refractivity contribution >= 4 is 26.7 Å². The normalized spacial score (nSPS) is 12.1. The van der Waals surface area contributed by atoms with Gasteiger partial charge in [0.1, 0.15) is 5.65 Å². The Labute approximate surface area is 177 Å². The van der Waals surface area contributed by atoms with Gasteiger partial charge in [-0.2, -0.15) is 0 Å². The van der Waals surface area contributed by atoms with Crippen LogP contribution in [0.2, 0.25) is 0 Å². The first-order valence-electron chi connectivity index (χ1n) is 9.54. The van der Waals surface area contributed by atoms with Gasteiger partial charge < -0.3 is 8.82 Å². The van der Waals surface area contributed by atoms with Crippen LogP contribution in [0.3, 0.4) is 0 Å². The van der Waals surface area contributed by atoms with Gasteiger partial charge >= 0.3 is 5.76 Å². The molecule has 0 aliphatic heterocycles. The number of imidazole rings is 1. The molecule has 0 aliphatic carbocycles. The van der Waals surface area contributed by atoms with E-state index in [1.807, 2.05) is 29.7 Å². The van der Waals surface area contributed by atoms with Crippen LogP contribution in [-0.4, -0.2) is 33.6 Å². The summed E-state index contributed by atoms with van der Waals surface area (Å²) in [6.45, 7) is 2.15. The highest BCUT2D eigenvalue weighted by Crippen LogP contribution is 2.24. The molecule has 0 saturated carbocycles. The largest absolute Gasteiger partial charge is 0.421 e. The van der Waals surface area contributed by atoms with Gasteiger partial charge in [-0.05, 0) is 54.4 Å². The number of aromatic nitrogens is 4. The van der Waals surface area contributed by atoms with Crippen LogP contribution in [0.15, 0.2) is 75.0 Å². The molecule has 0 spiro atoms. The number of oxazole rings is 1. The maximum Gasteiger partial charge on any atom is 0.421 e. The quantitative estimate of drug-likeness (QED) is 0.431. The van der Waals surface area contributed by atoms with Gasteiger partial charge in [-0.25, -0.2) is 23.2 Å². The molecule has 0 N–H and O–H groups in total. The van der Waals surface area contributed by atoms with E-state index < -0.39 is 15.6 Å². The third-order valence-electron chi connectivity index (χ3n) is 5.27. The van der Waals surface area contributed by atoms with Crippen LogP contribution in [0.1, 0.15) is 11.4 Å². The van der Waals surface area contributed by atoms with Crippen LogP contribution < -0.4 is 5.76 Å². The van der Waals surface area contributed by atoms with E-state index in [-0.39, 0.29) is 11.4 Å². The lowest BCUT2D eigenvalue weighted by Gasteiger charge is -2.07. The molecule has 5 aromatic rings. The molecule has 9 heteroatoms. The minimum Gasteiger partial charge on any atom is -0.406 e. The molecule has 0 bridgehead atoms. The van der Waals surface area contributed by atoms with Gasteiger partial charge in [0.2, 0.25) is 0 Å². The van der Waals surface area contributed by atoms with Crippen molar-refractivity contribution in [3.05, 3.63) is 82.9 Å². The molecule has 0 radical (unpaired) electrons. The standard InChI is InChI=1S/C22H18N4O4S/c1-14-18(13-26-21-19(30-22(26)27)4-3-11-23-21)25-12-16(7-10-20(25)24-14)15-5-8-17(9-6-15)31(2,28)29/h3-12H,13H2,1-2H3. The highest BCUT2D eigenvalue weighted by Gasteiger charge is 2.16. The van der Waals surface area contributed by atoms with Crippen molar-refractivity contribution in [3.8, 4) is 11.1 Å². The lowest BCUT2D eigenvalue weighted by atomic mass is 10.1. The van der Waals surface area contributed by atoms with E-state index in [9.17, 15) is 13.2 Å². The first kappa shape index (κ1) is 19.3. The fourth-order valence-electron chi connectivity index (χ4n) is 3.66. The maximum atomic E-state index is 12.4. The van der Waals surface area contributed by atoms with Gasteiger partial charge in [0.05, 0.1) is 22.8 Å². The SMILES string of the molecule is Cc1nc2ccc(-c3ccc(S(C)(=O)=O)cc3)cn2c1Cn1c(=O)oc2cccnc21. The summed E-state index contributed by atoms with van der Waals surface area (Å²) < 4.78 is 32.2. The number of hydrogen-bond acceptors (Lipinski definition) is 6. The summed E-state index contributed by atoms with van der Waals surface area (Å²) in [5.41, 5.74) is 5.06. The molecule has 0 atom stereocenters. The van der Waals surface area contributed by atoms with E-state index in [2.05, 4.69) is 9.97 Å². The van der Waals surface area contributed by atoms with Crippen LogP contribution >= 0.6 is 0 Å². The molecule has 4 aromatic heterocycles. The van der Waals surface area contributed by atoms with E-state index in [0.717, 1.165) is 28.2 Å². The van der Waals surface area contributed by atoms with Gasteiger partial charge in [0.25, 0.3) is 0 Å². The summed E-state index contributed by atoms with van der Waals surface area (Å²) in [6.07, 6.45) is 4.74. The molecular formula is C22H18N4O4S. The van der Waals surface area contributed by atoms with Crippen molar-refractivity contribution in [2.45, 2.75) is 18.4 Å². The highest BCUT2D eigenvalue weighted by molar-refractivity contribution is 7.90. The van der Waals surface area contributed by atoms with Gasteiger partial charge in [-0.1, -0.05) is 12.1 Å². The molecule has 0 aliphatic rings. The number of pyridine rings is 2. The average molecular weight is 434 g/mol. The number of benzene rings is 1. The molecule has 4 heterocycles. The Hall–Kier alpha value is -3.72. The Balaban J connectivity index is 1.60. The second kappa shape index (κ2) is 6.92. The van der Waals surface area contributed by atoms with Crippen LogP contribution in [0.4, 0.5) is 0 Å². The zero-order chi connectivity index (χ0) is 21.8. The summed E-state index contributed by atoms with van der Waals surface area (Å²) in [7, 11) is -3.25. The zero-order valence-corrected chi connectivity index (χ0v) is 17.6. The molecule has 0 fully saturated rings. The van der Waals surface area contributed by atoms with Gasteiger partial charge in [-0.3, -0.25) is 4.57 Å². The first-order chi connectivity index (χ1) is 14.8. The minimum atomic E-state index is -3.25. The number of fused-ring (bicyclic) bond motifs is 2. The molecule has 31 heavy (non-hydrogen) atoms. The Morgan fingerprint density at radius 2 is 1.77 bits per heavy atom. The lowest BCUT2D eigenvalue weighted by Crippen LogP contribution is -2.17. The number of rotatable bonds is 4. The fourth-order valence-corrected chi connectivity index (χ4v) is 4.29. The minimum absolute atomic E-state index is 0.256. The van der Waals surface area contributed by atoms with Crippen molar-refractivity contribution in [2.24, 2.45) is 0 Å². The number of nitrogens with zero attached hydrogens (tertiary/aromatic N) is 4. The fraction of sp³-hybridized carbons (Fsp3) is 0.136. The molecular weight excluding hydrogens is 416 g/mol. The molecule has 0 amide bonds. The summed E-state index contributed by atoms with van der Waals surface area (Å²) in [5, 5.41) is 0. The molecule has 0 saturated heterocycles. The average Bonchev–Trinajstić information content (AvgIpc) is 3.23. The summed E-state index contributed by atoms with van der Waals surface area (Å²) in [6, 6.07) is 14.0. The Kier molecular flexibility index (Phi) is 4.30. The van der Waals surface area contributed by atoms with Crippen LogP contribution in [0.5, 0.6) is 0 Å². The number of aryl methyl sites for hydroxylation is 1. The Morgan fingerprint density at radius 3 is 2.52 bits per heavy atom.